The van der Waals surface area contributed by atoms with E-state index >= 15 is 0 Å². The van der Waals surface area contributed by atoms with Crippen LogP contribution in [0.1, 0.15) is 16.4 Å². The lowest BCUT2D eigenvalue weighted by molar-refractivity contribution is -0.122. The van der Waals surface area contributed by atoms with Gasteiger partial charge in [-0.25, -0.2) is 4.90 Å². The Bertz CT molecular complexity index is 2030. The van der Waals surface area contributed by atoms with Gasteiger partial charge in [-0.05, 0) is 65.4 Å². The first-order valence-corrected chi connectivity index (χ1v) is 16.4. The van der Waals surface area contributed by atoms with Gasteiger partial charge in [-0.3, -0.25) is 19.2 Å². The number of aromatic amines is 1. The maximum Gasteiger partial charge on any atom is 0.305 e. The highest BCUT2D eigenvalue weighted by molar-refractivity contribution is 9.10. The van der Waals surface area contributed by atoms with Crippen molar-refractivity contribution in [3.05, 3.63) is 115 Å². The number of nitrogens with one attached hydrogen (secondary N) is 2. The number of nitrogens with zero attached hydrogens (tertiary/aromatic N) is 1. The van der Waals surface area contributed by atoms with E-state index in [0.29, 0.717) is 42.1 Å². The number of aromatic nitrogens is 1. The van der Waals surface area contributed by atoms with Crippen LogP contribution >= 0.6 is 50.6 Å². The Morgan fingerprint density at radius 1 is 0.955 bits per heavy atom. The first-order valence-electron chi connectivity index (χ1n) is 13.5. The molecule has 44 heavy (non-hydrogen) atoms. The second-order valence-electron chi connectivity index (χ2n) is 10.3. The summed E-state index contributed by atoms with van der Waals surface area (Å²) in [6, 6.07) is 25.3. The SMILES string of the molecule is O=C(COc1ccc(Br)cc1[C@@H]1c2sc(=O)[nH]c2S[C@H]2C(=O)N(c3ccc(Cl)cc3)C(=O)[C@@H]12)Nc1ccc2ccccc2c1. The smallest absolute Gasteiger partial charge is 0.305 e. The zero-order chi connectivity index (χ0) is 30.5. The van der Waals surface area contributed by atoms with Gasteiger partial charge in [-0.1, -0.05) is 81.0 Å². The van der Waals surface area contributed by atoms with Gasteiger partial charge in [0.1, 0.15) is 11.0 Å². The van der Waals surface area contributed by atoms with Crippen LogP contribution in [0.3, 0.4) is 0 Å². The lowest BCUT2D eigenvalue weighted by Crippen LogP contribution is -2.32. The summed E-state index contributed by atoms with van der Waals surface area (Å²) >= 11 is 11.8. The van der Waals surface area contributed by atoms with E-state index in [1.807, 2.05) is 48.5 Å². The number of rotatable bonds is 6. The molecule has 0 saturated carbocycles. The van der Waals surface area contributed by atoms with Crippen LogP contribution in [0.5, 0.6) is 5.75 Å². The predicted octanol–water partition coefficient (Wildman–Crippen LogP) is 6.82. The van der Waals surface area contributed by atoms with Crippen molar-refractivity contribution in [2.75, 3.05) is 16.8 Å². The van der Waals surface area contributed by atoms with Gasteiger partial charge in [0.25, 0.3) is 5.91 Å². The molecule has 2 aliphatic heterocycles. The fourth-order valence-electron chi connectivity index (χ4n) is 5.70. The zero-order valence-corrected chi connectivity index (χ0v) is 26.6. The van der Waals surface area contributed by atoms with Crippen molar-refractivity contribution in [1.82, 2.24) is 4.98 Å². The molecule has 0 radical (unpaired) electrons. The van der Waals surface area contributed by atoms with Gasteiger partial charge >= 0.3 is 4.87 Å². The van der Waals surface area contributed by atoms with Crippen LogP contribution in [0.2, 0.25) is 5.02 Å². The second-order valence-corrected chi connectivity index (χ2v) is 13.8. The number of carbonyl (C=O) groups is 3. The number of thioether (sulfide) groups is 1. The molecule has 3 atom stereocenters. The third kappa shape index (κ3) is 5.23. The van der Waals surface area contributed by atoms with E-state index in [0.717, 1.165) is 22.1 Å². The van der Waals surface area contributed by atoms with Crippen molar-refractivity contribution < 1.29 is 19.1 Å². The summed E-state index contributed by atoms with van der Waals surface area (Å²) in [5, 5.41) is 5.19. The quantitative estimate of drug-likeness (QED) is 0.188. The number of amides is 3. The molecule has 1 saturated heterocycles. The number of H-pyrrole nitrogens is 1. The van der Waals surface area contributed by atoms with Gasteiger partial charge in [0.05, 0.1) is 16.6 Å². The highest BCUT2D eigenvalue weighted by atomic mass is 79.9. The number of hydrogen-bond acceptors (Lipinski definition) is 7. The highest BCUT2D eigenvalue weighted by Crippen LogP contribution is 2.54. The Morgan fingerprint density at radius 2 is 1.73 bits per heavy atom. The summed E-state index contributed by atoms with van der Waals surface area (Å²) < 4.78 is 6.79. The zero-order valence-electron chi connectivity index (χ0n) is 22.6. The molecular weight excluding hydrogens is 686 g/mol. The molecule has 3 amide bonds. The summed E-state index contributed by atoms with van der Waals surface area (Å²) in [4.78, 5) is 57.7. The average Bonchev–Trinajstić information content (AvgIpc) is 3.51. The monoisotopic (exact) mass is 705 g/mol. The Morgan fingerprint density at radius 3 is 2.52 bits per heavy atom. The third-order valence-corrected chi connectivity index (χ3v) is 10.8. The topological polar surface area (TPSA) is 109 Å². The van der Waals surface area contributed by atoms with E-state index in [4.69, 9.17) is 16.3 Å². The minimum absolute atomic E-state index is 0.283. The maximum absolute atomic E-state index is 14.1. The molecule has 1 fully saturated rings. The lowest BCUT2D eigenvalue weighted by atomic mass is 9.82. The van der Waals surface area contributed by atoms with Crippen LogP contribution in [0.25, 0.3) is 10.8 Å². The van der Waals surface area contributed by atoms with Gasteiger partial charge in [-0.15, -0.1) is 0 Å². The van der Waals surface area contributed by atoms with Crippen LogP contribution < -0.4 is 19.8 Å². The van der Waals surface area contributed by atoms with Gasteiger partial charge in [-0.2, -0.15) is 0 Å². The fraction of sp³-hybridized carbons (Fsp3) is 0.125. The van der Waals surface area contributed by atoms with E-state index in [-0.39, 0.29) is 29.2 Å². The van der Waals surface area contributed by atoms with Crippen LogP contribution in [0.15, 0.2) is 99.2 Å². The van der Waals surface area contributed by atoms with Crippen LogP contribution in [-0.2, 0) is 14.4 Å². The molecule has 1 aromatic heterocycles. The highest BCUT2D eigenvalue weighted by Gasteiger charge is 2.56. The molecule has 0 bridgehead atoms. The molecule has 0 spiro atoms. The van der Waals surface area contributed by atoms with Crippen molar-refractivity contribution in [2.45, 2.75) is 16.2 Å². The summed E-state index contributed by atoms with van der Waals surface area (Å²) in [6.07, 6.45) is 0. The Hall–Kier alpha value is -3.90. The number of thiazole rings is 1. The molecule has 3 heterocycles. The molecule has 12 heteroatoms. The first-order chi connectivity index (χ1) is 21.3. The van der Waals surface area contributed by atoms with E-state index in [1.165, 1.54) is 16.7 Å². The first kappa shape index (κ1) is 28.8. The number of hydrogen-bond donors (Lipinski definition) is 2. The summed E-state index contributed by atoms with van der Waals surface area (Å²) in [6.45, 7) is -0.295. The Kier molecular flexibility index (Phi) is 7.57. The van der Waals surface area contributed by atoms with Crippen molar-refractivity contribution in [1.29, 1.82) is 0 Å². The van der Waals surface area contributed by atoms with Gasteiger partial charge in [0.2, 0.25) is 11.8 Å². The number of carbonyl (C=O) groups excluding carboxylic acids is 3. The Balaban J connectivity index is 1.21. The molecule has 2 N–H and O–H groups in total. The minimum Gasteiger partial charge on any atom is -0.483 e. The van der Waals surface area contributed by atoms with Crippen LogP contribution in [0, 0.1) is 5.92 Å². The standard InChI is InChI=1S/C32H21BrClN3O5S2/c33-18-6-12-23(42-15-24(38)35-20-9-5-16-3-1-2-4-17(16)13-20)22(14-18)25-26-28(43-29-27(25)44-32(41)36-29)31(40)37(30(26)39)21-10-7-19(34)8-11-21/h1-14,25-26,28H,15H2,(H,35,38)(H,36,41)/t25-,26-,28+/m0/s1. The van der Waals surface area contributed by atoms with Crippen molar-refractivity contribution in [2.24, 2.45) is 5.92 Å². The molecule has 2 aliphatic rings. The number of benzene rings is 4. The predicted molar refractivity (Wildman–Crippen MR) is 176 cm³/mol. The van der Waals surface area contributed by atoms with E-state index in [2.05, 4.69) is 26.2 Å². The summed E-state index contributed by atoms with van der Waals surface area (Å²) in [5.74, 6) is -2.24. The van der Waals surface area contributed by atoms with Gasteiger partial charge < -0.3 is 15.0 Å². The third-order valence-electron chi connectivity index (χ3n) is 7.61. The molecular formula is C32H21BrClN3O5S2. The number of halogens is 2. The van der Waals surface area contributed by atoms with Gasteiger partial charge in [0.15, 0.2) is 6.61 Å². The fourth-order valence-corrected chi connectivity index (χ4v) is 8.71. The number of anilines is 2. The molecule has 0 aliphatic carbocycles. The average molecular weight is 707 g/mol. The molecule has 8 nitrogen and oxygen atoms in total. The van der Waals surface area contributed by atoms with E-state index in [9.17, 15) is 19.2 Å². The van der Waals surface area contributed by atoms with Gasteiger partial charge in [0, 0.05) is 31.5 Å². The minimum atomic E-state index is -0.815. The summed E-state index contributed by atoms with van der Waals surface area (Å²) in [7, 11) is 0. The van der Waals surface area contributed by atoms with Crippen molar-refractivity contribution in [3.8, 4) is 5.75 Å². The van der Waals surface area contributed by atoms with E-state index < -0.39 is 17.1 Å². The maximum atomic E-state index is 14.1. The number of ether oxygens (including phenoxy) is 1. The van der Waals surface area contributed by atoms with Crippen molar-refractivity contribution >= 4 is 90.5 Å². The molecule has 5 aromatic rings. The molecule has 7 rings (SSSR count). The van der Waals surface area contributed by atoms with Crippen LogP contribution in [0.4, 0.5) is 11.4 Å². The number of fused-ring (bicyclic) bond motifs is 3. The molecule has 220 valence electrons. The second kappa shape index (κ2) is 11.6. The lowest BCUT2D eigenvalue weighted by Gasteiger charge is -2.31. The number of imide groups is 1. The summed E-state index contributed by atoms with van der Waals surface area (Å²) in [5.41, 5.74) is 1.65. The van der Waals surface area contributed by atoms with Crippen molar-refractivity contribution in [3.63, 3.8) is 0 Å². The van der Waals surface area contributed by atoms with Crippen LogP contribution in [-0.4, -0.2) is 34.6 Å². The largest absolute Gasteiger partial charge is 0.483 e. The molecule has 0 unspecified atom stereocenters. The normalized spacial score (nSPS) is 19.1. The Labute approximate surface area is 272 Å². The molecule has 4 aromatic carbocycles. The van der Waals surface area contributed by atoms with E-state index in [1.54, 1.807) is 36.4 Å².